The Labute approximate surface area is 109 Å². The minimum absolute atomic E-state index is 0.253. The van der Waals surface area contributed by atoms with Gasteiger partial charge in [-0.05, 0) is 36.2 Å². The number of phenols is 1. The monoisotopic (exact) mass is 256 g/mol. The summed E-state index contributed by atoms with van der Waals surface area (Å²) in [4.78, 5) is 4.60. The maximum atomic E-state index is 9.95. The molecule has 0 aliphatic carbocycles. The number of para-hydroxylation sites is 3. The Hall–Kier alpha value is -1.94. The lowest BCUT2D eigenvalue weighted by atomic mass is 10.2. The van der Waals surface area contributed by atoms with E-state index in [4.69, 9.17) is 0 Å². The number of aromatic hydroxyl groups is 1. The molecule has 0 fully saturated rings. The van der Waals surface area contributed by atoms with E-state index in [1.54, 1.807) is 18.0 Å². The van der Waals surface area contributed by atoms with Crippen molar-refractivity contribution < 1.29 is 5.11 Å². The molecule has 0 aliphatic heterocycles. The lowest BCUT2D eigenvalue weighted by Gasteiger charge is -2.06. The molecule has 4 heteroatoms. The summed E-state index contributed by atoms with van der Waals surface area (Å²) in [6.45, 7) is 0. The highest BCUT2D eigenvalue weighted by Crippen LogP contribution is 2.32. The molecule has 1 aromatic heterocycles. The molecule has 3 nitrogen and oxygen atoms in total. The number of fused-ring (bicyclic) bond motifs is 1. The van der Waals surface area contributed by atoms with E-state index in [9.17, 15) is 5.11 Å². The quantitative estimate of drug-likeness (QED) is 0.762. The van der Waals surface area contributed by atoms with Crippen LogP contribution in [0.25, 0.3) is 22.4 Å². The number of rotatable bonds is 2. The van der Waals surface area contributed by atoms with Crippen molar-refractivity contribution in [3.63, 3.8) is 0 Å². The first kappa shape index (κ1) is 11.2. The van der Waals surface area contributed by atoms with Crippen molar-refractivity contribution in [2.75, 3.05) is 6.26 Å². The van der Waals surface area contributed by atoms with E-state index in [2.05, 4.69) is 4.98 Å². The van der Waals surface area contributed by atoms with Crippen molar-refractivity contribution in [3.05, 3.63) is 48.5 Å². The molecule has 0 unspecified atom stereocenters. The number of aromatic nitrogens is 2. The van der Waals surface area contributed by atoms with Crippen LogP contribution in [-0.4, -0.2) is 20.3 Å². The maximum Gasteiger partial charge on any atom is 0.155 e. The van der Waals surface area contributed by atoms with Gasteiger partial charge in [0.1, 0.15) is 5.75 Å². The fourth-order valence-corrected chi connectivity index (χ4v) is 2.68. The average molecular weight is 256 g/mol. The normalized spacial score (nSPS) is 10.9. The summed E-state index contributed by atoms with van der Waals surface area (Å²) in [7, 11) is 0. The van der Waals surface area contributed by atoms with Crippen molar-refractivity contribution in [3.8, 4) is 17.1 Å². The highest BCUT2D eigenvalue weighted by atomic mass is 32.2. The Balaban J connectivity index is 2.32. The number of nitrogens with zero attached hydrogens (tertiary/aromatic N) is 2. The molecule has 1 N–H and O–H groups in total. The van der Waals surface area contributed by atoms with E-state index >= 15 is 0 Å². The van der Waals surface area contributed by atoms with Gasteiger partial charge in [0.05, 0.1) is 16.6 Å². The van der Waals surface area contributed by atoms with Crippen LogP contribution in [0.5, 0.6) is 5.75 Å². The van der Waals surface area contributed by atoms with E-state index in [0.29, 0.717) is 0 Å². The summed E-state index contributed by atoms with van der Waals surface area (Å²) in [5.41, 5.74) is 2.75. The third-order valence-electron chi connectivity index (χ3n) is 2.85. The summed E-state index contributed by atoms with van der Waals surface area (Å²) in [5, 5.41) is 9.95. The van der Waals surface area contributed by atoms with Crippen LogP contribution in [0.15, 0.2) is 48.5 Å². The zero-order valence-corrected chi connectivity index (χ0v) is 10.7. The molecule has 3 aromatic rings. The molecule has 0 radical (unpaired) electrons. The van der Waals surface area contributed by atoms with Crippen LogP contribution < -0.4 is 0 Å². The zero-order valence-electron chi connectivity index (χ0n) is 9.87. The maximum absolute atomic E-state index is 9.95. The predicted octanol–water partition coefficient (Wildman–Crippen LogP) is 3.54. The Morgan fingerprint density at radius 3 is 2.56 bits per heavy atom. The molecule has 0 saturated heterocycles. The van der Waals surface area contributed by atoms with Crippen LogP contribution >= 0.6 is 11.9 Å². The van der Waals surface area contributed by atoms with Crippen LogP contribution in [0.4, 0.5) is 0 Å². The van der Waals surface area contributed by atoms with Crippen molar-refractivity contribution in [1.82, 2.24) is 8.96 Å². The molecular formula is C14H12N2OS. The van der Waals surface area contributed by atoms with E-state index in [-0.39, 0.29) is 5.75 Å². The van der Waals surface area contributed by atoms with Crippen LogP contribution in [0, 0.1) is 0 Å². The van der Waals surface area contributed by atoms with Crippen LogP contribution in [0.3, 0.4) is 0 Å². The molecule has 1 heterocycles. The first-order chi connectivity index (χ1) is 8.81. The van der Waals surface area contributed by atoms with E-state index in [1.807, 2.05) is 52.7 Å². The zero-order chi connectivity index (χ0) is 12.5. The van der Waals surface area contributed by atoms with Crippen molar-refractivity contribution in [2.45, 2.75) is 0 Å². The Bertz CT molecular complexity index is 706. The number of imidazole rings is 1. The lowest BCUT2D eigenvalue weighted by Crippen LogP contribution is -1.90. The van der Waals surface area contributed by atoms with E-state index in [1.165, 1.54) is 0 Å². The van der Waals surface area contributed by atoms with Gasteiger partial charge in [-0.3, -0.25) is 3.97 Å². The van der Waals surface area contributed by atoms with Gasteiger partial charge in [-0.25, -0.2) is 4.98 Å². The Morgan fingerprint density at radius 1 is 1.06 bits per heavy atom. The fourth-order valence-electron chi connectivity index (χ4n) is 2.02. The second-order valence-corrected chi connectivity index (χ2v) is 4.65. The molecule has 0 spiro atoms. The van der Waals surface area contributed by atoms with Gasteiger partial charge >= 0.3 is 0 Å². The first-order valence-electron chi connectivity index (χ1n) is 5.61. The molecule has 0 saturated carbocycles. The molecule has 0 amide bonds. The van der Waals surface area contributed by atoms with Gasteiger partial charge in [0.2, 0.25) is 0 Å². The third-order valence-corrected chi connectivity index (χ3v) is 3.58. The van der Waals surface area contributed by atoms with Gasteiger partial charge in [0, 0.05) is 6.26 Å². The second kappa shape index (κ2) is 4.38. The first-order valence-corrected chi connectivity index (χ1v) is 6.80. The standard InChI is InChI=1S/C14H12N2OS/c1-18-16-12-8-4-3-7-11(12)15-14(16)10-6-2-5-9-13(10)17/h2-9,17H,1H3. The Morgan fingerprint density at radius 2 is 1.78 bits per heavy atom. The van der Waals surface area contributed by atoms with Gasteiger partial charge in [-0.15, -0.1) is 0 Å². The molecular weight excluding hydrogens is 244 g/mol. The second-order valence-electron chi connectivity index (χ2n) is 3.92. The SMILES string of the molecule is CSn1c(-c2ccccc2O)nc2ccccc21. The molecule has 2 aromatic carbocycles. The minimum Gasteiger partial charge on any atom is -0.507 e. The molecule has 0 aliphatic rings. The Kier molecular flexibility index (Phi) is 2.72. The summed E-state index contributed by atoms with van der Waals surface area (Å²) < 4.78 is 2.03. The van der Waals surface area contributed by atoms with Crippen molar-refractivity contribution in [2.24, 2.45) is 0 Å². The van der Waals surface area contributed by atoms with Gasteiger partial charge in [-0.1, -0.05) is 24.3 Å². The average Bonchev–Trinajstić information content (AvgIpc) is 2.77. The smallest absolute Gasteiger partial charge is 0.155 e. The van der Waals surface area contributed by atoms with Crippen molar-refractivity contribution in [1.29, 1.82) is 0 Å². The third kappa shape index (κ3) is 1.66. The molecule has 90 valence electrons. The summed E-state index contributed by atoms with van der Waals surface area (Å²) in [5.74, 6) is 1.03. The van der Waals surface area contributed by atoms with Gasteiger partial charge in [0.15, 0.2) is 5.82 Å². The fraction of sp³-hybridized carbons (Fsp3) is 0.0714. The van der Waals surface area contributed by atoms with Crippen LogP contribution in [0.2, 0.25) is 0 Å². The predicted molar refractivity (Wildman–Crippen MR) is 75.7 cm³/mol. The number of phenolic OH excluding ortho intramolecular Hbond substituents is 1. The summed E-state index contributed by atoms with van der Waals surface area (Å²) in [6, 6.07) is 15.2. The number of hydrogen-bond donors (Lipinski definition) is 1. The van der Waals surface area contributed by atoms with Crippen LogP contribution in [0.1, 0.15) is 0 Å². The van der Waals surface area contributed by atoms with E-state index in [0.717, 1.165) is 22.4 Å². The minimum atomic E-state index is 0.253. The number of hydrogen-bond acceptors (Lipinski definition) is 3. The molecule has 3 rings (SSSR count). The molecule has 0 bridgehead atoms. The van der Waals surface area contributed by atoms with Crippen LogP contribution in [-0.2, 0) is 0 Å². The van der Waals surface area contributed by atoms with Gasteiger partial charge < -0.3 is 5.11 Å². The largest absolute Gasteiger partial charge is 0.507 e. The number of benzene rings is 2. The van der Waals surface area contributed by atoms with Gasteiger partial charge in [0.25, 0.3) is 0 Å². The summed E-state index contributed by atoms with van der Waals surface area (Å²) in [6.07, 6.45) is 2.00. The van der Waals surface area contributed by atoms with E-state index < -0.39 is 0 Å². The highest BCUT2D eigenvalue weighted by Gasteiger charge is 2.14. The summed E-state index contributed by atoms with van der Waals surface area (Å²) >= 11 is 1.58. The van der Waals surface area contributed by atoms with Crippen molar-refractivity contribution >= 4 is 23.0 Å². The molecule has 0 atom stereocenters. The lowest BCUT2D eigenvalue weighted by molar-refractivity contribution is 0.477. The topological polar surface area (TPSA) is 38.0 Å². The van der Waals surface area contributed by atoms with Gasteiger partial charge in [-0.2, -0.15) is 0 Å². The molecule has 18 heavy (non-hydrogen) atoms. The highest BCUT2D eigenvalue weighted by molar-refractivity contribution is 7.97.